The predicted octanol–water partition coefficient (Wildman–Crippen LogP) is 0.901. The highest BCUT2D eigenvalue weighted by Gasteiger charge is 2.23. The van der Waals surface area contributed by atoms with Crippen molar-refractivity contribution in [1.29, 1.82) is 0 Å². The summed E-state index contributed by atoms with van der Waals surface area (Å²) in [7, 11) is 0. The first-order valence-electron chi connectivity index (χ1n) is 4.34. The minimum Gasteiger partial charge on any atom is -0.381 e. The van der Waals surface area contributed by atoms with Crippen LogP contribution in [0.5, 0.6) is 0 Å². The van der Waals surface area contributed by atoms with E-state index >= 15 is 0 Å². The maximum atomic E-state index is 11.2. The van der Waals surface area contributed by atoms with Crippen molar-refractivity contribution >= 4 is 11.6 Å². The first kappa shape index (κ1) is 10.5. The minimum atomic E-state index is -1.37. The van der Waals surface area contributed by atoms with Crippen molar-refractivity contribution in [3.63, 3.8) is 0 Å². The number of hydrogen-bond donors (Lipinski definition) is 3. The second kappa shape index (κ2) is 4.11. The Hall–Kier alpha value is -1.55. The zero-order valence-corrected chi connectivity index (χ0v) is 8.24. The minimum absolute atomic E-state index is 0.471. The molecule has 0 saturated heterocycles. The number of para-hydroxylation sites is 1. The van der Waals surface area contributed by atoms with E-state index in [1.54, 1.807) is 0 Å². The Morgan fingerprint density at radius 1 is 1.29 bits per heavy atom. The fourth-order valence-corrected chi connectivity index (χ4v) is 0.803. The van der Waals surface area contributed by atoms with Crippen LogP contribution in [0, 0.1) is 0 Å². The molecule has 0 saturated carbocycles. The van der Waals surface area contributed by atoms with Crippen LogP contribution in [0.25, 0.3) is 0 Å². The summed E-state index contributed by atoms with van der Waals surface area (Å²) in [4.78, 5) is 11.2. The summed E-state index contributed by atoms with van der Waals surface area (Å²) in [5.74, 6) is -0.471. The first-order chi connectivity index (χ1) is 6.50. The number of carbonyl (C=O) groups excluding carboxylic acids is 1. The van der Waals surface area contributed by atoms with Crippen LogP contribution >= 0.6 is 0 Å². The molecule has 0 spiro atoms. The maximum Gasteiger partial charge on any atom is 0.269 e. The number of carbonyl (C=O) groups is 1. The molecule has 4 heteroatoms. The number of anilines is 1. The third-order valence-electron chi connectivity index (χ3n) is 1.65. The van der Waals surface area contributed by atoms with Gasteiger partial charge in [0.1, 0.15) is 5.60 Å². The topological polar surface area (TPSA) is 61.4 Å². The van der Waals surface area contributed by atoms with E-state index in [0.29, 0.717) is 0 Å². The molecule has 0 atom stereocenters. The summed E-state index contributed by atoms with van der Waals surface area (Å²) in [6.45, 7) is 2.85. The molecule has 0 radical (unpaired) electrons. The third-order valence-corrected chi connectivity index (χ3v) is 1.65. The molecule has 0 aliphatic rings. The Kier molecular flexibility index (Phi) is 3.09. The van der Waals surface area contributed by atoms with Crippen LogP contribution in [0.15, 0.2) is 30.3 Å². The van der Waals surface area contributed by atoms with E-state index < -0.39 is 11.5 Å². The highest BCUT2D eigenvalue weighted by Crippen LogP contribution is 2.04. The van der Waals surface area contributed by atoms with Crippen LogP contribution < -0.4 is 10.9 Å². The van der Waals surface area contributed by atoms with Gasteiger partial charge in [0, 0.05) is 0 Å². The van der Waals surface area contributed by atoms with Crippen LogP contribution in [-0.4, -0.2) is 16.6 Å². The molecule has 14 heavy (non-hydrogen) atoms. The van der Waals surface area contributed by atoms with E-state index in [2.05, 4.69) is 10.9 Å². The van der Waals surface area contributed by atoms with E-state index in [0.717, 1.165) is 5.69 Å². The Labute approximate surface area is 82.9 Å². The average Bonchev–Trinajstić information content (AvgIpc) is 2.14. The largest absolute Gasteiger partial charge is 0.381 e. The molecular weight excluding hydrogens is 180 g/mol. The van der Waals surface area contributed by atoms with Gasteiger partial charge >= 0.3 is 0 Å². The number of benzene rings is 1. The number of aliphatic hydroxyl groups is 1. The summed E-state index contributed by atoms with van der Waals surface area (Å²) in [5, 5.41) is 9.31. The normalized spacial score (nSPS) is 10.8. The summed E-state index contributed by atoms with van der Waals surface area (Å²) < 4.78 is 0. The summed E-state index contributed by atoms with van der Waals surface area (Å²) in [6.07, 6.45) is 0. The summed E-state index contributed by atoms with van der Waals surface area (Å²) in [6, 6.07) is 9.19. The van der Waals surface area contributed by atoms with Crippen molar-refractivity contribution in [2.24, 2.45) is 0 Å². The van der Waals surface area contributed by atoms with Crippen LogP contribution in [0.4, 0.5) is 5.69 Å². The van der Waals surface area contributed by atoms with E-state index in [4.69, 9.17) is 0 Å². The van der Waals surface area contributed by atoms with Crippen LogP contribution in [-0.2, 0) is 4.79 Å². The van der Waals surface area contributed by atoms with Gasteiger partial charge in [-0.3, -0.25) is 15.6 Å². The van der Waals surface area contributed by atoms with Gasteiger partial charge in [0.25, 0.3) is 5.91 Å². The van der Waals surface area contributed by atoms with Crippen molar-refractivity contribution in [1.82, 2.24) is 5.43 Å². The standard InChI is InChI=1S/C10H14N2O2/c1-10(2,14)9(13)12-11-8-6-4-3-5-7-8/h3-7,11,14H,1-2H3,(H,12,13). The van der Waals surface area contributed by atoms with Gasteiger partial charge in [-0.15, -0.1) is 0 Å². The Bertz CT molecular complexity index is 304. The summed E-state index contributed by atoms with van der Waals surface area (Å²) >= 11 is 0. The fraction of sp³-hybridized carbons (Fsp3) is 0.300. The Morgan fingerprint density at radius 2 is 1.86 bits per heavy atom. The third kappa shape index (κ3) is 3.06. The Balaban J connectivity index is 2.46. The number of hydrazine groups is 1. The Morgan fingerprint density at radius 3 is 2.36 bits per heavy atom. The molecule has 0 fully saturated rings. The van der Waals surface area contributed by atoms with Crippen LogP contribution in [0.1, 0.15) is 13.8 Å². The molecule has 0 aliphatic carbocycles. The fourth-order valence-electron chi connectivity index (χ4n) is 0.803. The van der Waals surface area contributed by atoms with E-state index in [9.17, 15) is 9.90 Å². The van der Waals surface area contributed by atoms with Gasteiger partial charge in [-0.25, -0.2) is 0 Å². The smallest absolute Gasteiger partial charge is 0.269 e. The first-order valence-corrected chi connectivity index (χ1v) is 4.34. The van der Waals surface area contributed by atoms with Crippen molar-refractivity contribution in [3.05, 3.63) is 30.3 Å². The predicted molar refractivity (Wildman–Crippen MR) is 54.5 cm³/mol. The quantitative estimate of drug-likeness (QED) is 0.626. The molecule has 0 aromatic heterocycles. The molecule has 1 aromatic rings. The molecule has 1 aromatic carbocycles. The molecule has 0 bridgehead atoms. The second-order valence-electron chi connectivity index (χ2n) is 3.50. The van der Waals surface area contributed by atoms with Crippen molar-refractivity contribution in [2.45, 2.75) is 19.4 Å². The van der Waals surface area contributed by atoms with Crippen LogP contribution in [0.2, 0.25) is 0 Å². The van der Waals surface area contributed by atoms with Gasteiger partial charge in [-0.1, -0.05) is 18.2 Å². The van der Waals surface area contributed by atoms with Gasteiger partial charge in [-0.05, 0) is 26.0 Å². The molecule has 0 unspecified atom stereocenters. The lowest BCUT2D eigenvalue weighted by Gasteiger charge is -2.17. The van der Waals surface area contributed by atoms with Gasteiger partial charge in [-0.2, -0.15) is 0 Å². The monoisotopic (exact) mass is 194 g/mol. The molecule has 0 aliphatic heterocycles. The number of amides is 1. The van der Waals surface area contributed by atoms with Crippen molar-refractivity contribution in [3.8, 4) is 0 Å². The lowest BCUT2D eigenvalue weighted by atomic mass is 10.1. The van der Waals surface area contributed by atoms with E-state index in [1.165, 1.54) is 13.8 Å². The highest BCUT2D eigenvalue weighted by atomic mass is 16.3. The summed E-state index contributed by atoms with van der Waals surface area (Å²) in [5.41, 5.74) is 4.49. The van der Waals surface area contributed by atoms with Gasteiger partial charge in [0.15, 0.2) is 0 Å². The van der Waals surface area contributed by atoms with Gasteiger partial charge < -0.3 is 5.11 Å². The van der Waals surface area contributed by atoms with Gasteiger partial charge in [0.2, 0.25) is 0 Å². The molecule has 4 nitrogen and oxygen atoms in total. The number of nitrogens with one attached hydrogen (secondary N) is 2. The average molecular weight is 194 g/mol. The molecule has 76 valence electrons. The molecule has 0 heterocycles. The lowest BCUT2D eigenvalue weighted by Crippen LogP contribution is -2.44. The van der Waals surface area contributed by atoms with E-state index in [1.807, 2.05) is 30.3 Å². The van der Waals surface area contributed by atoms with Crippen molar-refractivity contribution in [2.75, 3.05) is 5.43 Å². The maximum absolute atomic E-state index is 11.2. The van der Waals surface area contributed by atoms with Crippen molar-refractivity contribution < 1.29 is 9.90 Å². The highest BCUT2D eigenvalue weighted by molar-refractivity contribution is 5.84. The molecule has 1 amide bonds. The number of rotatable bonds is 3. The SMILES string of the molecule is CC(C)(O)C(=O)NNc1ccccc1. The zero-order chi connectivity index (χ0) is 10.6. The zero-order valence-electron chi connectivity index (χ0n) is 8.24. The van der Waals surface area contributed by atoms with Crippen LogP contribution in [0.3, 0.4) is 0 Å². The molecule has 3 N–H and O–H groups in total. The molecular formula is C10H14N2O2. The second-order valence-corrected chi connectivity index (χ2v) is 3.50. The number of hydrogen-bond acceptors (Lipinski definition) is 3. The lowest BCUT2D eigenvalue weighted by molar-refractivity contribution is -0.135. The van der Waals surface area contributed by atoms with Gasteiger partial charge in [0.05, 0.1) is 5.69 Å². The van der Waals surface area contributed by atoms with E-state index in [-0.39, 0.29) is 0 Å². The molecule has 1 rings (SSSR count).